The lowest BCUT2D eigenvalue weighted by molar-refractivity contribution is -0.152. The highest BCUT2D eigenvalue weighted by atomic mass is 16.5. The smallest absolute Gasteiger partial charge is 0.306 e. The van der Waals surface area contributed by atoms with Crippen molar-refractivity contribution in [3.63, 3.8) is 0 Å². The highest BCUT2D eigenvalue weighted by molar-refractivity contribution is 5.96. The van der Waals surface area contributed by atoms with Crippen molar-refractivity contribution in [2.75, 3.05) is 27.8 Å². The van der Waals surface area contributed by atoms with Crippen molar-refractivity contribution in [1.82, 2.24) is 15.1 Å². The first-order valence-electron chi connectivity index (χ1n) is 20.5. The van der Waals surface area contributed by atoms with Crippen molar-refractivity contribution in [2.24, 2.45) is 17.8 Å². The molecule has 0 saturated carbocycles. The summed E-state index contributed by atoms with van der Waals surface area (Å²) in [6.45, 7) is 12.3. The minimum Gasteiger partial charge on any atom is -0.455 e. The maximum Gasteiger partial charge on any atom is 0.306 e. The van der Waals surface area contributed by atoms with Gasteiger partial charge >= 0.3 is 5.97 Å². The van der Waals surface area contributed by atoms with Gasteiger partial charge in [0.1, 0.15) is 6.10 Å². The van der Waals surface area contributed by atoms with Gasteiger partial charge in [-0.25, -0.2) is 0 Å². The average molecular weight is 778 g/mol. The van der Waals surface area contributed by atoms with Crippen LogP contribution in [0, 0.1) is 17.8 Å². The van der Waals surface area contributed by atoms with Crippen LogP contribution in [0.25, 0.3) is 0 Å². The van der Waals surface area contributed by atoms with Crippen LogP contribution >= 0.6 is 0 Å². The predicted molar refractivity (Wildman–Crippen MR) is 218 cm³/mol. The van der Waals surface area contributed by atoms with E-state index < -0.39 is 36.2 Å². The number of ketones is 1. The van der Waals surface area contributed by atoms with Crippen LogP contribution in [0.15, 0.2) is 60.7 Å². The van der Waals surface area contributed by atoms with E-state index in [0.717, 1.165) is 18.4 Å². The molecule has 11 heteroatoms. The number of hydrogen-bond acceptors (Lipinski definition) is 8. The van der Waals surface area contributed by atoms with Crippen LogP contribution in [-0.4, -0.2) is 97.4 Å². The molecule has 0 aliphatic carbocycles. The highest BCUT2D eigenvalue weighted by Crippen LogP contribution is 2.30. The summed E-state index contributed by atoms with van der Waals surface area (Å²) in [5, 5.41) is 3.08. The Balaban J connectivity index is 1.67. The van der Waals surface area contributed by atoms with Crippen LogP contribution in [-0.2, 0) is 33.4 Å². The Morgan fingerprint density at radius 3 is 2.07 bits per heavy atom. The molecule has 0 bridgehead atoms. The van der Waals surface area contributed by atoms with Gasteiger partial charge in [0.25, 0.3) is 0 Å². The zero-order valence-corrected chi connectivity index (χ0v) is 35.2. The number of benzene rings is 2. The zero-order chi connectivity index (χ0) is 41.4. The summed E-state index contributed by atoms with van der Waals surface area (Å²) in [7, 11) is 4.96. The Kier molecular flexibility index (Phi) is 19.2. The van der Waals surface area contributed by atoms with Gasteiger partial charge in [-0.05, 0) is 50.0 Å². The van der Waals surface area contributed by atoms with Gasteiger partial charge in [0.15, 0.2) is 5.78 Å². The molecule has 1 N–H and O–H groups in total. The Bertz CT molecular complexity index is 1540. The molecule has 0 spiro atoms. The van der Waals surface area contributed by atoms with E-state index in [1.807, 2.05) is 74.2 Å². The number of nitrogens with zero attached hydrogens (tertiary/aromatic N) is 2. The van der Waals surface area contributed by atoms with Gasteiger partial charge < -0.3 is 29.3 Å². The molecule has 310 valence electrons. The van der Waals surface area contributed by atoms with E-state index in [9.17, 15) is 24.0 Å². The number of likely N-dealkylation sites (tertiary alicyclic amines) is 1. The first-order chi connectivity index (χ1) is 26.7. The third-order valence-electron chi connectivity index (χ3n) is 11.2. The normalized spacial score (nSPS) is 18.0. The summed E-state index contributed by atoms with van der Waals surface area (Å²) in [4.78, 5) is 70.3. The van der Waals surface area contributed by atoms with E-state index in [4.69, 9.17) is 14.2 Å². The van der Waals surface area contributed by atoms with Crippen LogP contribution in [0.4, 0.5) is 0 Å². The van der Waals surface area contributed by atoms with Crippen LogP contribution in [0.1, 0.15) is 121 Å². The fourth-order valence-corrected chi connectivity index (χ4v) is 7.88. The number of likely N-dealkylation sites (N-methyl/N-ethyl adjacent to an activating group) is 1. The molecule has 1 fully saturated rings. The Morgan fingerprint density at radius 1 is 0.857 bits per heavy atom. The van der Waals surface area contributed by atoms with Crippen molar-refractivity contribution in [3.8, 4) is 0 Å². The second-order valence-electron chi connectivity index (χ2n) is 15.9. The zero-order valence-electron chi connectivity index (χ0n) is 35.2. The van der Waals surface area contributed by atoms with Gasteiger partial charge in [-0.2, -0.15) is 0 Å². The maximum atomic E-state index is 14.1. The summed E-state index contributed by atoms with van der Waals surface area (Å²) in [5.74, 6) is -1.03. The molecule has 1 heterocycles. The lowest BCUT2D eigenvalue weighted by Gasteiger charge is -2.39. The number of methoxy groups -OCH3 is 2. The molecule has 56 heavy (non-hydrogen) atoms. The van der Waals surface area contributed by atoms with E-state index in [1.165, 1.54) is 0 Å². The van der Waals surface area contributed by atoms with Gasteiger partial charge in [0, 0.05) is 52.6 Å². The van der Waals surface area contributed by atoms with E-state index in [-0.39, 0.29) is 60.3 Å². The molecule has 3 rings (SSSR count). The molecular formula is C45H67N3O8. The second-order valence-corrected chi connectivity index (χ2v) is 15.9. The number of carbonyl (C=O) groups excluding carboxylic acids is 5. The number of carbonyl (C=O) groups is 5. The molecule has 11 nitrogen and oxygen atoms in total. The summed E-state index contributed by atoms with van der Waals surface area (Å²) in [6, 6.07) is 17.2. The van der Waals surface area contributed by atoms with Gasteiger partial charge in [-0.15, -0.1) is 0 Å². The first-order valence-corrected chi connectivity index (χ1v) is 20.5. The monoisotopic (exact) mass is 777 g/mol. The summed E-state index contributed by atoms with van der Waals surface area (Å²) < 4.78 is 17.9. The number of amides is 3. The van der Waals surface area contributed by atoms with Crippen molar-refractivity contribution in [1.29, 1.82) is 0 Å². The third kappa shape index (κ3) is 13.3. The molecule has 8 atom stereocenters. The van der Waals surface area contributed by atoms with Gasteiger partial charge in [-0.3, -0.25) is 24.0 Å². The molecule has 1 saturated heterocycles. The Morgan fingerprint density at radius 2 is 1.48 bits per heavy atom. The molecular weight excluding hydrogens is 711 g/mol. The minimum absolute atomic E-state index is 0.0313. The second kappa shape index (κ2) is 23.2. The van der Waals surface area contributed by atoms with E-state index in [1.54, 1.807) is 45.2 Å². The topological polar surface area (TPSA) is 132 Å². The summed E-state index contributed by atoms with van der Waals surface area (Å²) in [6.07, 6.45) is 2.50. The summed E-state index contributed by atoms with van der Waals surface area (Å²) in [5.41, 5.74) is 1.40. The number of rotatable bonds is 23. The van der Waals surface area contributed by atoms with Crippen molar-refractivity contribution in [2.45, 2.75) is 136 Å². The minimum atomic E-state index is -0.744. The number of hydrogen-bond donors (Lipinski definition) is 1. The van der Waals surface area contributed by atoms with E-state index in [2.05, 4.69) is 19.2 Å². The molecule has 2 aromatic carbocycles. The number of esters is 1. The first kappa shape index (κ1) is 46.3. The standard InChI is InChI=1S/C45H67N3O8/c1-10-31(4)42(47(7)39(50)28-30(2)3)38(54-8)29-40(51)48-27-19-24-36(48)43(55-9)32(5)45(53)46-33(6)44(35-22-15-12-16-23-35)56-41(52)26-18-17-25-37(49)34-20-13-11-14-21-34/h11-16,20-23,30-33,36,38,42-44H,10,17-19,24-29H2,1-9H3,(H,46,53). The fourth-order valence-electron chi connectivity index (χ4n) is 7.88. The maximum absolute atomic E-state index is 14.1. The largest absolute Gasteiger partial charge is 0.455 e. The Hall–Kier alpha value is -4.09. The van der Waals surface area contributed by atoms with Crippen molar-refractivity contribution < 1.29 is 38.2 Å². The quantitative estimate of drug-likeness (QED) is 0.0714. The number of nitrogens with one attached hydrogen (secondary N) is 1. The fraction of sp³-hybridized carbons (Fsp3) is 0.622. The van der Waals surface area contributed by atoms with Gasteiger partial charge in [0.05, 0.1) is 42.7 Å². The molecule has 0 radical (unpaired) electrons. The SMILES string of the molecule is CCC(C)C(C(CC(=O)N1CCCC1C(OC)C(C)C(=O)NC(C)C(OC(=O)CCCCC(=O)c1ccccc1)c1ccccc1)OC)N(C)C(=O)CC(C)C. The molecule has 8 unspecified atom stereocenters. The van der Waals surface area contributed by atoms with Crippen LogP contribution in [0.2, 0.25) is 0 Å². The van der Waals surface area contributed by atoms with Crippen LogP contribution < -0.4 is 5.32 Å². The molecule has 1 aliphatic rings. The Labute approximate surface area is 335 Å². The molecule has 2 aromatic rings. The van der Waals surface area contributed by atoms with E-state index in [0.29, 0.717) is 44.2 Å². The lowest BCUT2D eigenvalue weighted by Crippen LogP contribution is -2.53. The predicted octanol–water partition coefficient (Wildman–Crippen LogP) is 7.19. The van der Waals surface area contributed by atoms with E-state index >= 15 is 0 Å². The number of ether oxygens (including phenoxy) is 3. The molecule has 1 aliphatic heterocycles. The van der Waals surface area contributed by atoms with Gasteiger partial charge in [0.2, 0.25) is 17.7 Å². The van der Waals surface area contributed by atoms with Gasteiger partial charge in [-0.1, -0.05) is 102 Å². The van der Waals surface area contributed by atoms with Crippen LogP contribution in [0.3, 0.4) is 0 Å². The highest BCUT2D eigenvalue weighted by Gasteiger charge is 2.42. The molecule has 3 amide bonds. The summed E-state index contributed by atoms with van der Waals surface area (Å²) >= 11 is 0. The lowest BCUT2D eigenvalue weighted by atomic mass is 9.90. The molecule has 0 aromatic heterocycles. The number of unbranched alkanes of at least 4 members (excludes halogenated alkanes) is 1. The van der Waals surface area contributed by atoms with Crippen molar-refractivity contribution >= 4 is 29.5 Å². The van der Waals surface area contributed by atoms with Crippen molar-refractivity contribution in [3.05, 3.63) is 71.8 Å². The average Bonchev–Trinajstić information content (AvgIpc) is 3.68. The third-order valence-corrected chi connectivity index (χ3v) is 11.2. The van der Waals surface area contributed by atoms with Crippen LogP contribution in [0.5, 0.6) is 0 Å². The number of Topliss-reactive ketones (excluding diaryl/α,β-unsaturated/α-hetero) is 1.